The van der Waals surface area contributed by atoms with Gasteiger partial charge in [0.05, 0.1) is 6.61 Å². The molecule has 0 aliphatic rings. The van der Waals surface area contributed by atoms with Gasteiger partial charge in [-0.05, 0) is 24.6 Å². The fourth-order valence-electron chi connectivity index (χ4n) is 1.32. The molecule has 0 bridgehead atoms. The lowest BCUT2D eigenvalue weighted by molar-refractivity contribution is 0.281. The molecule has 5 heteroatoms. The van der Waals surface area contributed by atoms with E-state index in [0.29, 0.717) is 11.6 Å². The average molecular weight is 231 g/mol. The van der Waals surface area contributed by atoms with Gasteiger partial charge in [0.2, 0.25) is 11.8 Å². The van der Waals surface area contributed by atoms with Gasteiger partial charge in [0.1, 0.15) is 5.75 Å². The standard InChI is InChI=1S/C12H13N3O2/c1-8-6-14-12(13)15-11(8)17-10-4-2-9(7-16)3-5-10/h2-6,16H,7H2,1H3,(H2,13,14,15). The molecule has 0 radical (unpaired) electrons. The first-order chi connectivity index (χ1) is 8.19. The van der Waals surface area contributed by atoms with Crippen LogP contribution in [0.3, 0.4) is 0 Å². The maximum Gasteiger partial charge on any atom is 0.226 e. The molecule has 1 aromatic heterocycles. The van der Waals surface area contributed by atoms with E-state index in [-0.39, 0.29) is 12.6 Å². The molecule has 1 aromatic carbocycles. The van der Waals surface area contributed by atoms with Crippen molar-refractivity contribution in [1.29, 1.82) is 0 Å². The van der Waals surface area contributed by atoms with E-state index in [4.69, 9.17) is 15.6 Å². The first-order valence-electron chi connectivity index (χ1n) is 5.16. The third kappa shape index (κ3) is 2.70. The second-order valence-electron chi connectivity index (χ2n) is 3.62. The monoisotopic (exact) mass is 231 g/mol. The fourth-order valence-corrected chi connectivity index (χ4v) is 1.32. The van der Waals surface area contributed by atoms with Crippen molar-refractivity contribution in [2.45, 2.75) is 13.5 Å². The summed E-state index contributed by atoms with van der Waals surface area (Å²) in [6, 6.07) is 7.11. The highest BCUT2D eigenvalue weighted by molar-refractivity contribution is 5.35. The van der Waals surface area contributed by atoms with Crippen LogP contribution in [0.4, 0.5) is 5.95 Å². The number of hydrogen-bond acceptors (Lipinski definition) is 5. The predicted octanol–water partition coefficient (Wildman–Crippen LogP) is 1.65. The molecule has 2 rings (SSSR count). The molecule has 0 unspecified atom stereocenters. The number of aliphatic hydroxyl groups excluding tert-OH is 1. The third-order valence-corrected chi connectivity index (χ3v) is 2.26. The van der Waals surface area contributed by atoms with Crippen LogP contribution in [0.2, 0.25) is 0 Å². The van der Waals surface area contributed by atoms with Crippen LogP contribution in [0.1, 0.15) is 11.1 Å². The molecule has 5 nitrogen and oxygen atoms in total. The molecule has 3 N–H and O–H groups in total. The Balaban J connectivity index is 2.22. The number of aliphatic hydroxyl groups is 1. The first-order valence-corrected chi connectivity index (χ1v) is 5.16. The number of nitrogens with zero attached hydrogens (tertiary/aromatic N) is 2. The molecule has 17 heavy (non-hydrogen) atoms. The SMILES string of the molecule is Cc1cnc(N)nc1Oc1ccc(CO)cc1. The molecule has 0 saturated carbocycles. The first kappa shape index (κ1) is 11.3. The van der Waals surface area contributed by atoms with Crippen LogP contribution < -0.4 is 10.5 Å². The highest BCUT2D eigenvalue weighted by Crippen LogP contribution is 2.23. The van der Waals surface area contributed by atoms with Crippen molar-refractivity contribution in [3.05, 3.63) is 41.6 Å². The van der Waals surface area contributed by atoms with Gasteiger partial charge in [-0.2, -0.15) is 4.98 Å². The molecule has 0 aliphatic heterocycles. The molecule has 2 aromatic rings. The summed E-state index contributed by atoms with van der Waals surface area (Å²) in [5.41, 5.74) is 7.13. The summed E-state index contributed by atoms with van der Waals surface area (Å²) in [6.45, 7) is 1.86. The van der Waals surface area contributed by atoms with Gasteiger partial charge < -0.3 is 15.6 Å². The van der Waals surface area contributed by atoms with Crippen molar-refractivity contribution in [3.8, 4) is 11.6 Å². The van der Waals surface area contributed by atoms with Gasteiger partial charge in [0.15, 0.2) is 0 Å². The molecule has 0 spiro atoms. The molecular formula is C12H13N3O2. The maximum atomic E-state index is 8.92. The highest BCUT2D eigenvalue weighted by atomic mass is 16.5. The van der Waals surface area contributed by atoms with Crippen LogP contribution in [0.25, 0.3) is 0 Å². The van der Waals surface area contributed by atoms with Gasteiger partial charge >= 0.3 is 0 Å². The van der Waals surface area contributed by atoms with Crippen LogP contribution in [0.15, 0.2) is 30.5 Å². The maximum absolute atomic E-state index is 8.92. The number of nitrogens with two attached hydrogens (primary N) is 1. The van der Waals surface area contributed by atoms with E-state index in [2.05, 4.69) is 9.97 Å². The number of rotatable bonds is 3. The minimum absolute atomic E-state index is 0.0137. The van der Waals surface area contributed by atoms with E-state index < -0.39 is 0 Å². The van der Waals surface area contributed by atoms with Crippen molar-refractivity contribution in [2.24, 2.45) is 0 Å². The van der Waals surface area contributed by atoms with Crippen molar-refractivity contribution in [1.82, 2.24) is 9.97 Å². The van der Waals surface area contributed by atoms with E-state index in [1.165, 1.54) is 0 Å². The Labute approximate surface area is 98.9 Å². The number of aromatic nitrogens is 2. The number of benzene rings is 1. The minimum atomic E-state index is 0.0137. The lowest BCUT2D eigenvalue weighted by Crippen LogP contribution is -1.98. The van der Waals surface area contributed by atoms with Gasteiger partial charge in [-0.25, -0.2) is 4.98 Å². The second kappa shape index (κ2) is 4.80. The minimum Gasteiger partial charge on any atom is -0.439 e. The Morgan fingerprint density at radius 3 is 2.65 bits per heavy atom. The molecule has 1 heterocycles. The summed E-state index contributed by atoms with van der Waals surface area (Å²) < 4.78 is 5.58. The van der Waals surface area contributed by atoms with E-state index >= 15 is 0 Å². The number of aryl methyl sites for hydroxylation is 1. The number of hydrogen-bond donors (Lipinski definition) is 2. The normalized spacial score (nSPS) is 10.2. The summed E-state index contributed by atoms with van der Waals surface area (Å²) in [5, 5.41) is 8.92. The van der Waals surface area contributed by atoms with Crippen LogP contribution in [-0.2, 0) is 6.61 Å². The molecule has 0 saturated heterocycles. The van der Waals surface area contributed by atoms with Crippen LogP contribution in [-0.4, -0.2) is 15.1 Å². The van der Waals surface area contributed by atoms with Crippen LogP contribution in [0, 0.1) is 6.92 Å². The zero-order chi connectivity index (χ0) is 12.3. The number of anilines is 1. The molecule has 0 atom stereocenters. The average Bonchev–Trinajstić information content (AvgIpc) is 2.35. The Kier molecular flexibility index (Phi) is 3.20. The van der Waals surface area contributed by atoms with Crippen molar-refractivity contribution >= 4 is 5.95 Å². The van der Waals surface area contributed by atoms with Crippen molar-refractivity contribution in [3.63, 3.8) is 0 Å². The quantitative estimate of drug-likeness (QED) is 0.839. The molecule has 0 aliphatic carbocycles. The number of nitrogen functional groups attached to an aromatic ring is 1. The van der Waals surface area contributed by atoms with E-state index in [1.54, 1.807) is 30.5 Å². The zero-order valence-electron chi connectivity index (χ0n) is 9.42. The third-order valence-electron chi connectivity index (χ3n) is 2.26. The van der Waals surface area contributed by atoms with E-state index in [1.807, 2.05) is 6.92 Å². The molecule has 0 fully saturated rings. The van der Waals surface area contributed by atoms with E-state index in [9.17, 15) is 0 Å². The van der Waals surface area contributed by atoms with Gasteiger partial charge in [0.25, 0.3) is 0 Å². The predicted molar refractivity (Wildman–Crippen MR) is 63.6 cm³/mol. The van der Waals surface area contributed by atoms with Crippen molar-refractivity contribution in [2.75, 3.05) is 5.73 Å². The fraction of sp³-hybridized carbons (Fsp3) is 0.167. The Bertz CT molecular complexity index is 512. The summed E-state index contributed by atoms with van der Waals surface area (Å²) in [6.07, 6.45) is 1.61. The Morgan fingerprint density at radius 2 is 2.00 bits per heavy atom. The molecule has 88 valence electrons. The summed E-state index contributed by atoms with van der Waals surface area (Å²) in [7, 11) is 0. The lowest BCUT2D eigenvalue weighted by atomic mass is 10.2. The summed E-state index contributed by atoms with van der Waals surface area (Å²) in [4.78, 5) is 7.87. The summed E-state index contributed by atoms with van der Waals surface area (Å²) >= 11 is 0. The Hall–Kier alpha value is -2.14. The molecular weight excluding hydrogens is 218 g/mol. The Morgan fingerprint density at radius 1 is 1.29 bits per heavy atom. The largest absolute Gasteiger partial charge is 0.439 e. The van der Waals surface area contributed by atoms with E-state index in [0.717, 1.165) is 11.1 Å². The topological polar surface area (TPSA) is 81.3 Å². The van der Waals surface area contributed by atoms with Crippen LogP contribution in [0.5, 0.6) is 11.6 Å². The molecule has 0 amide bonds. The van der Waals surface area contributed by atoms with Gasteiger partial charge in [-0.3, -0.25) is 0 Å². The number of ether oxygens (including phenoxy) is 1. The zero-order valence-corrected chi connectivity index (χ0v) is 9.42. The van der Waals surface area contributed by atoms with Crippen molar-refractivity contribution < 1.29 is 9.84 Å². The highest BCUT2D eigenvalue weighted by Gasteiger charge is 2.04. The van der Waals surface area contributed by atoms with Gasteiger partial charge in [-0.1, -0.05) is 12.1 Å². The van der Waals surface area contributed by atoms with Gasteiger partial charge in [0, 0.05) is 11.8 Å². The smallest absolute Gasteiger partial charge is 0.226 e. The summed E-state index contributed by atoms with van der Waals surface area (Å²) in [5.74, 6) is 1.26. The van der Waals surface area contributed by atoms with Gasteiger partial charge in [-0.15, -0.1) is 0 Å². The lowest BCUT2D eigenvalue weighted by Gasteiger charge is -2.07. The van der Waals surface area contributed by atoms with Crippen LogP contribution >= 0.6 is 0 Å². The second-order valence-corrected chi connectivity index (χ2v) is 3.62.